The van der Waals surface area contributed by atoms with Gasteiger partial charge in [-0.2, -0.15) is 0 Å². The third-order valence-corrected chi connectivity index (χ3v) is 4.27. The van der Waals surface area contributed by atoms with Gasteiger partial charge in [0.15, 0.2) is 0 Å². The fraction of sp³-hybridized carbons (Fsp3) is 0.846. The lowest BCUT2D eigenvalue weighted by Crippen LogP contribution is -2.43. The van der Waals surface area contributed by atoms with Crippen molar-refractivity contribution in [2.24, 2.45) is 17.8 Å². The Morgan fingerprint density at radius 3 is 2.57 bits per heavy atom. The topological polar surface area (TPSA) is 12.0 Å². The summed E-state index contributed by atoms with van der Waals surface area (Å²) in [7, 11) is 0. The Balaban J connectivity index is 1.88. The van der Waals surface area contributed by atoms with Gasteiger partial charge in [-0.05, 0) is 43.9 Å². The number of hydrogen-bond acceptors (Lipinski definition) is 1. The van der Waals surface area contributed by atoms with Gasteiger partial charge in [0.05, 0.1) is 6.54 Å². The van der Waals surface area contributed by atoms with Gasteiger partial charge >= 0.3 is 0 Å². The normalized spacial score (nSPS) is 37.9. The zero-order valence-electron chi connectivity index (χ0n) is 9.13. The monoisotopic (exact) mass is 191 g/mol. The maximum absolute atomic E-state index is 5.27. The number of terminal acetylenes is 1. The molecule has 0 aromatic heterocycles. The van der Waals surface area contributed by atoms with Crippen LogP contribution >= 0.6 is 0 Å². The molecule has 2 atom stereocenters. The summed E-state index contributed by atoms with van der Waals surface area (Å²) in [5, 5.41) is 3.45. The minimum atomic E-state index is 0.624. The highest BCUT2D eigenvalue weighted by atomic mass is 14.9. The largest absolute Gasteiger partial charge is 0.303 e. The highest BCUT2D eigenvalue weighted by Gasteiger charge is 2.37. The number of hydrogen-bond donors (Lipinski definition) is 1. The second-order valence-corrected chi connectivity index (χ2v) is 5.05. The standard InChI is InChI=1S/C13H21N/c1-3-8-14-10(2)13-9-11-4-6-12(13)7-5-11/h1,10-14H,4-9H2,2H3. The fourth-order valence-electron chi connectivity index (χ4n) is 3.41. The highest BCUT2D eigenvalue weighted by molar-refractivity contribution is 4.93. The first kappa shape index (κ1) is 10.1. The van der Waals surface area contributed by atoms with Crippen molar-refractivity contribution in [1.82, 2.24) is 5.32 Å². The molecule has 14 heavy (non-hydrogen) atoms. The molecule has 2 unspecified atom stereocenters. The molecule has 3 rings (SSSR count). The Labute approximate surface area is 87.7 Å². The molecule has 0 aliphatic heterocycles. The maximum Gasteiger partial charge on any atom is 0.0575 e. The summed E-state index contributed by atoms with van der Waals surface area (Å²) in [4.78, 5) is 0. The predicted molar refractivity (Wildman–Crippen MR) is 59.9 cm³/mol. The van der Waals surface area contributed by atoms with E-state index in [-0.39, 0.29) is 0 Å². The summed E-state index contributed by atoms with van der Waals surface area (Å²) in [5.74, 6) is 5.58. The van der Waals surface area contributed by atoms with E-state index in [4.69, 9.17) is 6.42 Å². The van der Waals surface area contributed by atoms with E-state index in [1.807, 2.05) is 0 Å². The lowest BCUT2D eigenvalue weighted by atomic mass is 9.63. The molecule has 0 aromatic rings. The van der Waals surface area contributed by atoms with E-state index in [1.54, 1.807) is 0 Å². The molecule has 0 heterocycles. The van der Waals surface area contributed by atoms with E-state index < -0.39 is 0 Å². The molecule has 3 aliphatic rings. The van der Waals surface area contributed by atoms with Crippen LogP contribution in [0.2, 0.25) is 0 Å². The molecule has 0 aromatic carbocycles. The first-order valence-electron chi connectivity index (χ1n) is 5.98. The van der Waals surface area contributed by atoms with E-state index in [0.717, 1.165) is 24.3 Å². The van der Waals surface area contributed by atoms with Gasteiger partial charge in [0.1, 0.15) is 0 Å². The molecule has 0 amide bonds. The van der Waals surface area contributed by atoms with Crippen molar-refractivity contribution in [3.8, 4) is 12.3 Å². The van der Waals surface area contributed by atoms with E-state index in [9.17, 15) is 0 Å². The second kappa shape index (κ2) is 4.36. The lowest BCUT2D eigenvalue weighted by molar-refractivity contribution is 0.0765. The summed E-state index contributed by atoms with van der Waals surface area (Å²) in [5.41, 5.74) is 0. The zero-order valence-corrected chi connectivity index (χ0v) is 9.13. The van der Waals surface area contributed by atoms with E-state index in [0.29, 0.717) is 6.04 Å². The molecule has 0 saturated heterocycles. The minimum Gasteiger partial charge on any atom is -0.303 e. The molecule has 3 fully saturated rings. The van der Waals surface area contributed by atoms with Crippen LogP contribution in [0, 0.1) is 30.1 Å². The van der Waals surface area contributed by atoms with Crippen LogP contribution in [-0.2, 0) is 0 Å². The predicted octanol–water partition coefficient (Wildman–Crippen LogP) is 2.42. The smallest absolute Gasteiger partial charge is 0.0575 e. The highest BCUT2D eigenvalue weighted by Crippen LogP contribution is 2.46. The first-order chi connectivity index (χ1) is 6.81. The van der Waals surface area contributed by atoms with Crippen molar-refractivity contribution >= 4 is 0 Å². The quantitative estimate of drug-likeness (QED) is 0.676. The van der Waals surface area contributed by atoms with Crippen molar-refractivity contribution < 1.29 is 0 Å². The van der Waals surface area contributed by atoms with Gasteiger partial charge < -0.3 is 5.32 Å². The molecule has 1 heteroatoms. The van der Waals surface area contributed by atoms with Crippen LogP contribution in [0.25, 0.3) is 0 Å². The second-order valence-electron chi connectivity index (χ2n) is 5.05. The summed E-state index contributed by atoms with van der Waals surface area (Å²) < 4.78 is 0. The minimum absolute atomic E-state index is 0.624. The number of fused-ring (bicyclic) bond motifs is 3. The lowest BCUT2D eigenvalue weighted by Gasteiger charge is -2.45. The van der Waals surface area contributed by atoms with Gasteiger partial charge in [0, 0.05) is 6.04 Å². The van der Waals surface area contributed by atoms with Crippen LogP contribution in [-0.4, -0.2) is 12.6 Å². The number of nitrogens with one attached hydrogen (secondary N) is 1. The van der Waals surface area contributed by atoms with Crippen LogP contribution in [0.3, 0.4) is 0 Å². The van der Waals surface area contributed by atoms with Gasteiger partial charge in [-0.25, -0.2) is 0 Å². The van der Waals surface area contributed by atoms with Crippen molar-refractivity contribution in [3.05, 3.63) is 0 Å². The van der Waals surface area contributed by atoms with Gasteiger partial charge in [0.2, 0.25) is 0 Å². The molecule has 1 N–H and O–H groups in total. The summed E-state index contributed by atoms with van der Waals surface area (Å²) in [6, 6.07) is 0.624. The third-order valence-electron chi connectivity index (χ3n) is 4.27. The van der Waals surface area contributed by atoms with Gasteiger partial charge in [-0.3, -0.25) is 0 Å². The first-order valence-corrected chi connectivity index (χ1v) is 5.98. The Morgan fingerprint density at radius 2 is 2.07 bits per heavy atom. The average Bonchev–Trinajstić information content (AvgIpc) is 2.27. The Hall–Kier alpha value is -0.480. The van der Waals surface area contributed by atoms with E-state index >= 15 is 0 Å². The van der Waals surface area contributed by atoms with Crippen LogP contribution in [0.5, 0.6) is 0 Å². The molecular weight excluding hydrogens is 170 g/mol. The fourth-order valence-corrected chi connectivity index (χ4v) is 3.41. The third kappa shape index (κ3) is 1.96. The van der Waals surface area contributed by atoms with Crippen molar-refractivity contribution in [2.45, 2.75) is 45.1 Å². The van der Waals surface area contributed by atoms with Crippen molar-refractivity contribution in [1.29, 1.82) is 0 Å². The van der Waals surface area contributed by atoms with Gasteiger partial charge in [-0.15, -0.1) is 6.42 Å². The maximum atomic E-state index is 5.27. The Bertz CT molecular complexity index is 220. The molecule has 78 valence electrons. The van der Waals surface area contributed by atoms with Crippen LogP contribution in [0.15, 0.2) is 0 Å². The summed E-state index contributed by atoms with van der Waals surface area (Å²) in [6.07, 6.45) is 12.6. The van der Waals surface area contributed by atoms with E-state index in [2.05, 4.69) is 18.2 Å². The van der Waals surface area contributed by atoms with Crippen LogP contribution in [0.4, 0.5) is 0 Å². The summed E-state index contributed by atoms with van der Waals surface area (Å²) >= 11 is 0. The van der Waals surface area contributed by atoms with Crippen molar-refractivity contribution in [3.63, 3.8) is 0 Å². The van der Waals surface area contributed by atoms with Gasteiger partial charge in [-0.1, -0.05) is 18.8 Å². The number of rotatable bonds is 3. The van der Waals surface area contributed by atoms with Gasteiger partial charge in [0.25, 0.3) is 0 Å². The van der Waals surface area contributed by atoms with Crippen LogP contribution in [0.1, 0.15) is 39.0 Å². The SMILES string of the molecule is C#CCNC(C)C1CC2CCC1CC2. The molecule has 0 radical (unpaired) electrons. The molecular formula is C13H21N. The Kier molecular flexibility index (Phi) is 3.13. The van der Waals surface area contributed by atoms with E-state index in [1.165, 1.54) is 32.1 Å². The van der Waals surface area contributed by atoms with Crippen molar-refractivity contribution in [2.75, 3.05) is 6.54 Å². The molecule has 1 nitrogen and oxygen atoms in total. The molecule has 3 saturated carbocycles. The molecule has 0 spiro atoms. The summed E-state index contributed by atoms with van der Waals surface area (Å²) in [6.45, 7) is 3.04. The zero-order chi connectivity index (χ0) is 9.97. The molecule has 3 aliphatic carbocycles. The average molecular weight is 191 g/mol. The Morgan fingerprint density at radius 1 is 1.36 bits per heavy atom. The van der Waals surface area contributed by atoms with Crippen LogP contribution < -0.4 is 5.32 Å². The molecule has 2 bridgehead atoms.